The third kappa shape index (κ3) is 3.47. The van der Waals surface area contributed by atoms with E-state index < -0.39 is 0 Å². The van der Waals surface area contributed by atoms with Crippen molar-refractivity contribution in [2.24, 2.45) is 11.8 Å². The predicted molar refractivity (Wildman–Crippen MR) is 84.5 cm³/mol. The molecule has 0 aromatic carbocycles. The van der Waals surface area contributed by atoms with Gasteiger partial charge in [-0.05, 0) is 48.8 Å². The van der Waals surface area contributed by atoms with Crippen LogP contribution in [0.4, 0.5) is 0 Å². The summed E-state index contributed by atoms with van der Waals surface area (Å²) in [6, 6.07) is 2.04. The number of carbonyl (C=O) groups is 1. The van der Waals surface area contributed by atoms with Crippen molar-refractivity contribution < 1.29 is 9.53 Å². The molecule has 0 N–H and O–H groups in total. The van der Waals surface area contributed by atoms with Gasteiger partial charge < -0.3 is 14.5 Å². The van der Waals surface area contributed by atoms with Crippen molar-refractivity contribution >= 4 is 17.2 Å². The third-order valence-electron chi connectivity index (χ3n) is 4.64. The molecular weight excluding hydrogens is 284 g/mol. The summed E-state index contributed by atoms with van der Waals surface area (Å²) in [4.78, 5) is 16.7. The molecule has 2 saturated heterocycles. The lowest BCUT2D eigenvalue weighted by molar-refractivity contribution is -0.133. The van der Waals surface area contributed by atoms with Crippen LogP contribution in [0.25, 0.3) is 0 Å². The fourth-order valence-corrected chi connectivity index (χ4v) is 4.15. The van der Waals surface area contributed by atoms with Gasteiger partial charge in [-0.1, -0.05) is 0 Å². The van der Waals surface area contributed by atoms with E-state index in [9.17, 15) is 4.79 Å². The van der Waals surface area contributed by atoms with E-state index in [1.165, 1.54) is 0 Å². The summed E-state index contributed by atoms with van der Waals surface area (Å²) < 4.78 is 5.97. The Morgan fingerprint density at radius 1 is 1.52 bits per heavy atom. The van der Waals surface area contributed by atoms with Crippen LogP contribution >= 0.6 is 11.3 Å². The normalized spacial score (nSPS) is 28.9. The molecule has 3 heterocycles. The van der Waals surface area contributed by atoms with Crippen LogP contribution in [0.15, 0.2) is 16.8 Å². The van der Waals surface area contributed by atoms with Crippen molar-refractivity contribution in [2.75, 3.05) is 40.3 Å². The van der Waals surface area contributed by atoms with Crippen molar-refractivity contribution in [2.45, 2.75) is 18.9 Å². The molecule has 0 unspecified atom stereocenters. The minimum Gasteiger partial charge on any atom is -0.376 e. The average molecular weight is 308 g/mol. The zero-order chi connectivity index (χ0) is 14.8. The van der Waals surface area contributed by atoms with E-state index in [4.69, 9.17) is 4.74 Å². The monoisotopic (exact) mass is 308 g/mol. The fraction of sp³-hybridized carbons (Fsp3) is 0.688. The number of carbonyl (C=O) groups excluding carboxylic acids is 1. The molecule has 2 aliphatic heterocycles. The second-order valence-electron chi connectivity index (χ2n) is 6.49. The highest BCUT2D eigenvalue weighted by Crippen LogP contribution is 2.34. The first-order chi connectivity index (χ1) is 10.1. The molecule has 1 aromatic heterocycles. The van der Waals surface area contributed by atoms with Gasteiger partial charge in [-0.15, -0.1) is 0 Å². The van der Waals surface area contributed by atoms with Gasteiger partial charge in [0.15, 0.2) is 0 Å². The molecule has 5 heteroatoms. The quantitative estimate of drug-likeness (QED) is 0.849. The van der Waals surface area contributed by atoms with Crippen molar-refractivity contribution in [1.82, 2.24) is 9.80 Å². The predicted octanol–water partition coefficient (Wildman–Crippen LogP) is 1.72. The molecule has 2 aliphatic rings. The largest absolute Gasteiger partial charge is 0.376 e. The Labute approximate surface area is 130 Å². The molecule has 4 nitrogen and oxygen atoms in total. The molecule has 116 valence electrons. The molecule has 0 bridgehead atoms. The zero-order valence-electron chi connectivity index (χ0n) is 12.8. The molecule has 0 radical (unpaired) electrons. The molecule has 0 aliphatic carbocycles. The van der Waals surface area contributed by atoms with Crippen LogP contribution in [-0.2, 0) is 16.0 Å². The van der Waals surface area contributed by atoms with E-state index in [2.05, 4.69) is 29.3 Å². The molecular formula is C16H24N2O2S. The van der Waals surface area contributed by atoms with E-state index >= 15 is 0 Å². The van der Waals surface area contributed by atoms with Gasteiger partial charge >= 0.3 is 0 Å². The van der Waals surface area contributed by atoms with Gasteiger partial charge in [-0.2, -0.15) is 11.3 Å². The SMILES string of the molecule is CN(C)C[C@H]1OC[C@@H]2CCN(C(=O)Cc3ccsc3)C[C@@H]21. The van der Waals surface area contributed by atoms with E-state index in [-0.39, 0.29) is 12.0 Å². The summed E-state index contributed by atoms with van der Waals surface area (Å²) in [5.74, 6) is 1.41. The topological polar surface area (TPSA) is 32.8 Å². The van der Waals surface area contributed by atoms with E-state index in [0.29, 0.717) is 18.3 Å². The first-order valence-corrected chi connectivity index (χ1v) is 8.63. The first kappa shape index (κ1) is 15.0. The summed E-state index contributed by atoms with van der Waals surface area (Å²) >= 11 is 1.65. The Bertz CT molecular complexity index is 475. The summed E-state index contributed by atoms with van der Waals surface area (Å²) in [5.41, 5.74) is 1.14. The maximum absolute atomic E-state index is 12.5. The summed E-state index contributed by atoms with van der Waals surface area (Å²) in [6.07, 6.45) is 1.91. The molecule has 3 atom stereocenters. The first-order valence-electron chi connectivity index (χ1n) is 7.68. The lowest BCUT2D eigenvalue weighted by atomic mass is 9.84. The average Bonchev–Trinajstić information content (AvgIpc) is 3.08. The number of fused-ring (bicyclic) bond motifs is 1. The number of nitrogens with zero attached hydrogens (tertiary/aromatic N) is 2. The standard InChI is InChI=1S/C16H24N2O2S/c1-17(2)9-15-14-8-18(5-3-13(14)10-20-15)16(19)7-12-4-6-21-11-12/h4,6,11,13-15H,3,5,7-10H2,1-2H3/t13-,14-,15+/m0/s1. The zero-order valence-corrected chi connectivity index (χ0v) is 13.6. The third-order valence-corrected chi connectivity index (χ3v) is 5.37. The maximum atomic E-state index is 12.5. The number of amides is 1. The number of hydrogen-bond donors (Lipinski definition) is 0. The van der Waals surface area contributed by atoms with Crippen LogP contribution in [0.3, 0.4) is 0 Å². The number of hydrogen-bond acceptors (Lipinski definition) is 4. The van der Waals surface area contributed by atoms with Crippen LogP contribution in [-0.4, -0.2) is 62.1 Å². The number of rotatable bonds is 4. The molecule has 0 saturated carbocycles. The van der Waals surface area contributed by atoms with Crippen LogP contribution in [0.2, 0.25) is 0 Å². The van der Waals surface area contributed by atoms with Crippen molar-refractivity contribution in [3.05, 3.63) is 22.4 Å². The lowest BCUT2D eigenvalue weighted by Gasteiger charge is -2.36. The van der Waals surface area contributed by atoms with Gasteiger partial charge in [0.1, 0.15) is 0 Å². The number of ether oxygens (including phenoxy) is 1. The van der Waals surface area contributed by atoms with Crippen molar-refractivity contribution in [3.63, 3.8) is 0 Å². The number of piperidine rings is 1. The van der Waals surface area contributed by atoms with E-state index in [1.54, 1.807) is 11.3 Å². The Balaban J connectivity index is 1.60. The van der Waals surface area contributed by atoms with Gasteiger partial charge in [-0.3, -0.25) is 4.79 Å². The van der Waals surface area contributed by atoms with E-state index in [1.807, 2.05) is 11.4 Å². The van der Waals surface area contributed by atoms with E-state index in [0.717, 1.165) is 38.2 Å². The highest BCUT2D eigenvalue weighted by Gasteiger charge is 2.41. The minimum absolute atomic E-state index is 0.266. The Morgan fingerprint density at radius 2 is 2.38 bits per heavy atom. The number of likely N-dealkylation sites (N-methyl/N-ethyl adjacent to an activating group) is 1. The maximum Gasteiger partial charge on any atom is 0.227 e. The van der Waals surface area contributed by atoms with Gasteiger partial charge in [0, 0.05) is 25.6 Å². The lowest BCUT2D eigenvalue weighted by Crippen LogP contribution is -2.47. The molecule has 3 rings (SSSR count). The van der Waals surface area contributed by atoms with Gasteiger partial charge in [0.2, 0.25) is 5.91 Å². The van der Waals surface area contributed by atoms with Gasteiger partial charge in [0.05, 0.1) is 19.1 Å². The second-order valence-corrected chi connectivity index (χ2v) is 7.27. The second kappa shape index (κ2) is 6.46. The molecule has 2 fully saturated rings. The summed E-state index contributed by atoms with van der Waals surface area (Å²) in [6.45, 7) is 3.58. The molecule has 1 amide bonds. The van der Waals surface area contributed by atoms with Crippen LogP contribution < -0.4 is 0 Å². The van der Waals surface area contributed by atoms with Crippen molar-refractivity contribution in [3.8, 4) is 0 Å². The number of thiophene rings is 1. The van der Waals surface area contributed by atoms with Crippen LogP contribution in [0.1, 0.15) is 12.0 Å². The van der Waals surface area contributed by atoms with Crippen LogP contribution in [0, 0.1) is 11.8 Å². The molecule has 1 aromatic rings. The number of likely N-dealkylation sites (tertiary alicyclic amines) is 1. The Kier molecular flexibility index (Phi) is 4.62. The minimum atomic E-state index is 0.266. The summed E-state index contributed by atoms with van der Waals surface area (Å²) in [7, 11) is 4.16. The molecule has 0 spiro atoms. The van der Waals surface area contributed by atoms with Gasteiger partial charge in [-0.25, -0.2) is 0 Å². The smallest absolute Gasteiger partial charge is 0.227 e. The highest BCUT2D eigenvalue weighted by molar-refractivity contribution is 7.07. The van der Waals surface area contributed by atoms with Crippen molar-refractivity contribution in [1.29, 1.82) is 0 Å². The molecule has 21 heavy (non-hydrogen) atoms. The Morgan fingerprint density at radius 3 is 3.10 bits per heavy atom. The highest BCUT2D eigenvalue weighted by atomic mass is 32.1. The Hall–Kier alpha value is -0.910. The fourth-order valence-electron chi connectivity index (χ4n) is 3.48. The van der Waals surface area contributed by atoms with Gasteiger partial charge in [0.25, 0.3) is 0 Å². The van der Waals surface area contributed by atoms with Crippen LogP contribution in [0.5, 0.6) is 0 Å². The summed E-state index contributed by atoms with van der Waals surface area (Å²) in [5, 5.41) is 4.10.